The van der Waals surface area contributed by atoms with E-state index < -0.39 is 5.97 Å². The molecule has 7 heteroatoms. The van der Waals surface area contributed by atoms with Crippen molar-refractivity contribution in [2.45, 2.75) is 25.9 Å². The van der Waals surface area contributed by atoms with Crippen LogP contribution in [0.1, 0.15) is 31.3 Å². The van der Waals surface area contributed by atoms with Gasteiger partial charge in [-0.2, -0.15) is 0 Å². The molecule has 0 unspecified atom stereocenters. The summed E-state index contributed by atoms with van der Waals surface area (Å²) in [5, 5.41) is 0.545. The molecule has 1 aromatic rings. The van der Waals surface area contributed by atoms with Crippen LogP contribution in [0.4, 0.5) is 0 Å². The lowest BCUT2D eigenvalue weighted by atomic mass is 10.5. The maximum atomic E-state index is 11.8. The van der Waals surface area contributed by atoms with Gasteiger partial charge in [0, 0.05) is 13.1 Å². The minimum atomic E-state index is -0.433. The molecule has 0 bridgehead atoms. The number of aromatic nitrogens is 2. The van der Waals surface area contributed by atoms with Crippen molar-refractivity contribution in [3.63, 3.8) is 0 Å². The Hall–Kier alpha value is -1.50. The number of rotatable bonds is 7. The van der Waals surface area contributed by atoms with Gasteiger partial charge in [0.05, 0.1) is 18.6 Å². The maximum absolute atomic E-state index is 11.8. The molecule has 0 radical (unpaired) electrons. The summed E-state index contributed by atoms with van der Waals surface area (Å²) in [4.78, 5) is 31.8. The number of esters is 1. The summed E-state index contributed by atoms with van der Waals surface area (Å²) in [5.74, 6) is -0.0710. The van der Waals surface area contributed by atoms with Gasteiger partial charge in [-0.05, 0) is 20.8 Å². The summed E-state index contributed by atoms with van der Waals surface area (Å²) in [6.45, 7) is 7.34. The highest BCUT2D eigenvalue weighted by Crippen LogP contribution is 2.14. The number of ether oxygens (including phenoxy) is 1. The fraction of sp³-hybridized carbons (Fsp3) is 0.583. The molecule has 0 fully saturated rings. The minimum Gasteiger partial charge on any atom is -0.461 e. The summed E-state index contributed by atoms with van der Waals surface area (Å²) >= 11 is 1.28. The average Bonchev–Trinajstić information content (AvgIpc) is 2.87. The van der Waals surface area contributed by atoms with Crippen molar-refractivity contribution in [2.75, 3.05) is 25.4 Å². The number of carbonyl (C=O) groups is 2. The second-order valence-electron chi connectivity index (χ2n) is 3.68. The molecule has 1 N–H and O–H groups in total. The predicted octanol–water partition coefficient (Wildman–Crippen LogP) is 1.55. The normalized spacial score (nSPS) is 10.3. The summed E-state index contributed by atoms with van der Waals surface area (Å²) in [5.41, 5.74) is 0.305. The van der Waals surface area contributed by atoms with Crippen LogP contribution in [-0.2, 0) is 9.53 Å². The van der Waals surface area contributed by atoms with Gasteiger partial charge in [0.25, 0.3) is 0 Å². The Morgan fingerprint density at radius 3 is 2.63 bits per heavy atom. The van der Waals surface area contributed by atoms with E-state index in [9.17, 15) is 9.59 Å². The van der Waals surface area contributed by atoms with Crippen LogP contribution in [0.2, 0.25) is 0 Å². The molecule has 1 aromatic heterocycles. The lowest BCUT2D eigenvalue weighted by Gasteiger charge is -2.17. The zero-order valence-electron chi connectivity index (χ0n) is 11.4. The summed E-state index contributed by atoms with van der Waals surface area (Å²) in [6.07, 6.45) is 1.42. The molecule has 0 saturated carbocycles. The van der Waals surface area contributed by atoms with Gasteiger partial charge in [0.15, 0.2) is 5.16 Å². The average molecular weight is 285 g/mol. The molecule has 0 aliphatic rings. The molecule has 1 heterocycles. The van der Waals surface area contributed by atoms with E-state index in [0.717, 1.165) is 0 Å². The first-order valence-corrected chi connectivity index (χ1v) is 7.23. The molecular weight excluding hydrogens is 266 g/mol. The SMILES string of the molecule is CCOC(=O)c1cnc(SCC(=O)N(CC)CC)[nH]1. The number of nitrogens with one attached hydrogen (secondary N) is 1. The summed E-state index contributed by atoms with van der Waals surface area (Å²) in [6, 6.07) is 0. The highest BCUT2D eigenvalue weighted by Gasteiger charge is 2.13. The topological polar surface area (TPSA) is 75.3 Å². The first-order valence-electron chi connectivity index (χ1n) is 6.25. The van der Waals surface area contributed by atoms with Crippen LogP contribution in [0.25, 0.3) is 0 Å². The Morgan fingerprint density at radius 1 is 1.37 bits per heavy atom. The number of amides is 1. The maximum Gasteiger partial charge on any atom is 0.356 e. The molecule has 0 saturated heterocycles. The van der Waals surface area contributed by atoms with Gasteiger partial charge in [-0.15, -0.1) is 0 Å². The van der Waals surface area contributed by atoms with E-state index in [0.29, 0.717) is 36.3 Å². The largest absolute Gasteiger partial charge is 0.461 e. The fourth-order valence-electron chi connectivity index (χ4n) is 1.49. The Balaban J connectivity index is 2.50. The van der Waals surface area contributed by atoms with Gasteiger partial charge >= 0.3 is 5.97 Å². The van der Waals surface area contributed by atoms with Crippen LogP contribution < -0.4 is 0 Å². The third-order valence-electron chi connectivity index (χ3n) is 2.50. The standard InChI is InChI=1S/C12H19N3O3S/c1-4-15(5-2)10(16)8-19-12-13-7-9(14-12)11(17)18-6-3/h7H,4-6,8H2,1-3H3,(H,13,14). The molecule has 0 aromatic carbocycles. The second kappa shape index (κ2) is 7.83. The molecule has 0 spiro atoms. The Kier molecular flexibility index (Phi) is 6.41. The molecule has 1 rings (SSSR count). The van der Waals surface area contributed by atoms with Gasteiger partial charge in [0.1, 0.15) is 5.69 Å². The molecular formula is C12H19N3O3S. The van der Waals surface area contributed by atoms with Gasteiger partial charge in [-0.1, -0.05) is 11.8 Å². The molecule has 6 nitrogen and oxygen atoms in total. The third-order valence-corrected chi connectivity index (χ3v) is 3.37. The number of H-pyrrole nitrogens is 1. The lowest BCUT2D eigenvalue weighted by molar-refractivity contribution is -0.127. The van der Waals surface area contributed by atoms with Crippen molar-refractivity contribution in [3.8, 4) is 0 Å². The van der Waals surface area contributed by atoms with Crippen LogP contribution in [0.3, 0.4) is 0 Å². The van der Waals surface area contributed by atoms with Crippen molar-refractivity contribution in [1.29, 1.82) is 0 Å². The number of thioether (sulfide) groups is 1. The Morgan fingerprint density at radius 2 is 2.05 bits per heavy atom. The van der Waals surface area contributed by atoms with E-state index in [1.165, 1.54) is 18.0 Å². The van der Waals surface area contributed by atoms with Crippen molar-refractivity contribution >= 4 is 23.6 Å². The van der Waals surface area contributed by atoms with Crippen molar-refractivity contribution in [1.82, 2.24) is 14.9 Å². The first kappa shape index (κ1) is 15.6. The molecule has 0 aliphatic heterocycles. The number of aromatic amines is 1. The van der Waals surface area contributed by atoms with Crippen molar-refractivity contribution in [2.24, 2.45) is 0 Å². The molecule has 0 atom stereocenters. The highest BCUT2D eigenvalue weighted by molar-refractivity contribution is 7.99. The van der Waals surface area contributed by atoms with Crippen LogP contribution >= 0.6 is 11.8 Å². The number of imidazole rings is 1. The van der Waals surface area contributed by atoms with E-state index in [4.69, 9.17) is 4.74 Å². The van der Waals surface area contributed by atoms with Crippen LogP contribution in [0.15, 0.2) is 11.4 Å². The number of carbonyl (C=O) groups excluding carboxylic acids is 2. The lowest BCUT2D eigenvalue weighted by Crippen LogP contribution is -2.31. The minimum absolute atomic E-state index is 0.0593. The van der Waals surface area contributed by atoms with Gasteiger partial charge in [0.2, 0.25) is 5.91 Å². The number of hydrogen-bond acceptors (Lipinski definition) is 5. The summed E-state index contributed by atoms with van der Waals surface area (Å²) < 4.78 is 4.85. The van der Waals surface area contributed by atoms with Crippen molar-refractivity contribution < 1.29 is 14.3 Å². The predicted molar refractivity (Wildman–Crippen MR) is 73.2 cm³/mol. The zero-order chi connectivity index (χ0) is 14.3. The van der Waals surface area contributed by atoms with Gasteiger partial charge in [-0.25, -0.2) is 9.78 Å². The molecule has 106 valence electrons. The Bertz CT molecular complexity index is 430. The van der Waals surface area contributed by atoms with E-state index >= 15 is 0 Å². The second-order valence-corrected chi connectivity index (χ2v) is 4.64. The molecule has 0 aliphatic carbocycles. The third kappa shape index (κ3) is 4.59. The molecule has 19 heavy (non-hydrogen) atoms. The number of nitrogens with zero attached hydrogens (tertiary/aromatic N) is 2. The van der Waals surface area contributed by atoms with E-state index in [-0.39, 0.29) is 5.91 Å². The zero-order valence-corrected chi connectivity index (χ0v) is 12.2. The highest BCUT2D eigenvalue weighted by atomic mass is 32.2. The quantitative estimate of drug-likeness (QED) is 0.607. The fourth-order valence-corrected chi connectivity index (χ4v) is 2.24. The monoisotopic (exact) mass is 285 g/mol. The van der Waals surface area contributed by atoms with Crippen LogP contribution in [-0.4, -0.2) is 52.2 Å². The number of hydrogen-bond donors (Lipinski definition) is 1. The molecule has 1 amide bonds. The van der Waals surface area contributed by atoms with Crippen LogP contribution in [0.5, 0.6) is 0 Å². The van der Waals surface area contributed by atoms with E-state index in [1.54, 1.807) is 11.8 Å². The smallest absolute Gasteiger partial charge is 0.356 e. The van der Waals surface area contributed by atoms with Crippen molar-refractivity contribution in [3.05, 3.63) is 11.9 Å². The van der Waals surface area contributed by atoms with Gasteiger partial charge in [-0.3, -0.25) is 4.79 Å². The van der Waals surface area contributed by atoms with E-state index in [1.807, 2.05) is 13.8 Å². The van der Waals surface area contributed by atoms with Gasteiger partial charge < -0.3 is 14.6 Å². The first-order chi connectivity index (χ1) is 9.12. The van der Waals surface area contributed by atoms with Crippen LogP contribution in [0, 0.1) is 0 Å². The summed E-state index contributed by atoms with van der Waals surface area (Å²) in [7, 11) is 0. The van der Waals surface area contributed by atoms with E-state index in [2.05, 4.69) is 9.97 Å². The Labute approximate surface area is 116 Å².